The van der Waals surface area contributed by atoms with Crippen LogP contribution in [0.5, 0.6) is 0 Å². The molecule has 3 nitrogen and oxygen atoms in total. The summed E-state index contributed by atoms with van der Waals surface area (Å²) >= 11 is 3.62. The van der Waals surface area contributed by atoms with Crippen molar-refractivity contribution in [3.8, 4) is 0 Å². The first-order valence-electron chi connectivity index (χ1n) is 6.63. The second kappa shape index (κ2) is 6.01. The first-order chi connectivity index (χ1) is 8.22. The van der Waals surface area contributed by atoms with Crippen molar-refractivity contribution in [2.45, 2.75) is 45.1 Å². The molecule has 1 aliphatic rings. The maximum Gasteiger partial charge on any atom is 0.0692 e. The molecule has 0 radical (unpaired) electrons. The zero-order chi connectivity index (χ0) is 12.3. The summed E-state index contributed by atoms with van der Waals surface area (Å²) in [5.41, 5.74) is 1.30. The molecule has 2 rings (SSSR count). The fourth-order valence-electron chi connectivity index (χ4n) is 2.48. The molecule has 0 aromatic carbocycles. The first kappa shape index (κ1) is 13.1. The van der Waals surface area contributed by atoms with Gasteiger partial charge in [-0.25, -0.2) is 0 Å². The molecular weight excluding hydrogens is 278 g/mol. The zero-order valence-electron chi connectivity index (χ0n) is 10.7. The Hall–Kier alpha value is -0.350. The van der Waals surface area contributed by atoms with Crippen molar-refractivity contribution in [1.82, 2.24) is 15.1 Å². The summed E-state index contributed by atoms with van der Waals surface area (Å²) in [7, 11) is 2.03. The number of hydrogen-bond donors (Lipinski definition) is 1. The summed E-state index contributed by atoms with van der Waals surface area (Å²) in [6.45, 7) is 3.29. The fourth-order valence-corrected chi connectivity index (χ4v) is 3.11. The molecule has 1 heterocycles. The molecule has 1 atom stereocenters. The van der Waals surface area contributed by atoms with Gasteiger partial charge in [-0.1, -0.05) is 26.2 Å². The summed E-state index contributed by atoms with van der Waals surface area (Å²) in [4.78, 5) is 0. The molecule has 0 saturated heterocycles. The number of rotatable bonds is 6. The van der Waals surface area contributed by atoms with Gasteiger partial charge >= 0.3 is 0 Å². The van der Waals surface area contributed by atoms with Crippen LogP contribution in [-0.2, 0) is 7.05 Å². The maximum absolute atomic E-state index is 4.33. The number of nitrogens with one attached hydrogen (secondary N) is 1. The Morgan fingerprint density at radius 1 is 1.59 bits per heavy atom. The number of hydrogen-bond acceptors (Lipinski definition) is 2. The highest BCUT2D eigenvalue weighted by Crippen LogP contribution is 2.36. The average Bonchev–Trinajstić information content (AvgIpc) is 2.57. The van der Waals surface area contributed by atoms with E-state index in [2.05, 4.69) is 33.3 Å². The standard InChI is InChI=1S/C13H22BrN3/c1-3-7-15-12(8-10-5-4-6-10)13-11(14)9-16-17(13)2/h9-10,12,15H,3-8H2,1-2H3. The third kappa shape index (κ3) is 3.10. The minimum Gasteiger partial charge on any atom is -0.309 e. The molecule has 4 heteroatoms. The topological polar surface area (TPSA) is 29.9 Å². The quantitative estimate of drug-likeness (QED) is 0.872. The van der Waals surface area contributed by atoms with Gasteiger partial charge in [0.15, 0.2) is 0 Å². The van der Waals surface area contributed by atoms with E-state index in [0.717, 1.165) is 16.9 Å². The molecule has 1 aromatic heterocycles. The van der Waals surface area contributed by atoms with Crippen LogP contribution in [0.4, 0.5) is 0 Å². The highest BCUT2D eigenvalue weighted by atomic mass is 79.9. The third-order valence-corrected chi connectivity index (χ3v) is 4.31. The Kier molecular flexibility index (Phi) is 4.62. The van der Waals surface area contributed by atoms with Crippen LogP contribution in [0.2, 0.25) is 0 Å². The summed E-state index contributed by atoms with van der Waals surface area (Å²) in [6.07, 6.45) is 8.54. The lowest BCUT2D eigenvalue weighted by Crippen LogP contribution is -2.28. The first-order valence-corrected chi connectivity index (χ1v) is 7.42. The van der Waals surface area contributed by atoms with E-state index < -0.39 is 0 Å². The van der Waals surface area contributed by atoms with Crippen LogP contribution in [0.25, 0.3) is 0 Å². The van der Waals surface area contributed by atoms with E-state index in [1.165, 1.54) is 37.8 Å². The van der Waals surface area contributed by atoms with Crippen LogP contribution in [0, 0.1) is 5.92 Å². The number of nitrogens with zero attached hydrogens (tertiary/aromatic N) is 2. The summed E-state index contributed by atoms with van der Waals surface area (Å²) < 4.78 is 3.13. The maximum atomic E-state index is 4.33. The summed E-state index contributed by atoms with van der Waals surface area (Å²) in [6, 6.07) is 0.446. The van der Waals surface area contributed by atoms with Gasteiger partial charge in [0.05, 0.1) is 22.4 Å². The van der Waals surface area contributed by atoms with Crippen LogP contribution in [-0.4, -0.2) is 16.3 Å². The van der Waals surface area contributed by atoms with Crippen molar-refractivity contribution >= 4 is 15.9 Å². The monoisotopic (exact) mass is 299 g/mol. The molecule has 1 aromatic rings. The van der Waals surface area contributed by atoms with Crippen molar-refractivity contribution in [3.63, 3.8) is 0 Å². The van der Waals surface area contributed by atoms with Crippen molar-refractivity contribution in [2.75, 3.05) is 6.54 Å². The van der Waals surface area contributed by atoms with E-state index in [9.17, 15) is 0 Å². The predicted molar refractivity (Wildman–Crippen MR) is 73.9 cm³/mol. The molecule has 0 bridgehead atoms. The average molecular weight is 300 g/mol. The molecule has 1 unspecified atom stereocenters. The molecule has 0 amide bonds. The molecule has 1 saturated carbocycles. The Morgan fingerprint density at radius 2 is 2.35 bits per heavy atom. The SMILES string of the molecule is CCCNC(CC1CCC1)c1c(Br)cnn1C. The van der Waals surface area contributed by atoms with Crippen LogP contribution in [0.15, 0.2) is 10.7 Å². The van der Waals surface area contributed by atoms with E-state index in [-0.39, 0.29) is 0 Å². The lowest BCUT2D eigenvalue weighted by Gasteiger charge is -2.30. The van der Waals surface area contributed by atoms with Gasteiger partial charge in [0.2, 0.25) is 0 Å². The number of aryl methyl sites for hydroxylation is 1. The highest BCUT2D eigenvalue weighted by molar-refractivity contribution is 9.10. The van der Waals surface area contributed by atoms with Gasteiger partial charge in [-0.05, 0) is 41.2 Å². The van der Waals surface area contributed by atoms with Gasteiger partial charge in [0.25, 0.3) is 0 Å². The third-order valence-electron chi connectivity index (χ3n) is 3.70. The van der Waals surface area contributed by atoms with E-state index in [1.54, 1.807) is 0 Å². The molecule has 1 aliphatic carbocycles. The molecule has 1 N–H and O–H groups in total. The van der Waals surface area contributed by atoms with Crippen molar-refractivity contribution in [2.24, 2.45) is 13.0 Å². The van der Waals surface area contributed by atoms with Crippen molar-refractivity contribution < 1.29 is 0 Å². The molecule has 96 valence electrons. The smallest absolute Gasteiger partial charge is 0.0692 e. The largest absolute Gasteiger partial charge is 0.309 e. The van der Waals surface area contributed by atoms with Gasteiger partial charge in [-0.2, -0.15) is 5.10 Å². The Morgan fingerprint density at radius 3 is 2.82 bits per heavy atom. The number of aromatic nitrogens is 2. The van der Waals surface area contributed by atoms with E-state index in [4.69, 9.17) is 0 Å². The van der Waals surface area contributed by atoms with E-state index >= 15 is 0 Å². The zero-order valence-corrected chi connectivity index (χ0v) is 12.3. The van der Waals surface area contributed by atoms with Gasteiger partial charge in [-0.3, -0.25) is 4.68 Å². The molecule has 0 aliphatic heterocycles. The summed E-state index contributed by atoms with van der Waals surface area (Å²) in [5.74, 6) is 0.908. The van der Waals surface area contributed by atoms with Crippen LogP contribution < -0.4 is 5.32 Å². The minimum atomic E-state index is 0.446. The van der Waals surface area contributed by atoms with Gasteiger partial charge in [0.1, 0.15) is 0 Å². The molecule has 1 fully saturated rings. The molecular formula is C13H22BrN3. The normalized spacial score (nSPS) is 18.1. The molecule has 17 heavy (non-hydrogen) atoms. The fraction of sp³-hybridized carbons (Fsp3) is 0.769. The Labute approximate surface area is 112 Å². The second-order valence-electron chi connectivity index (χ2n) is 5.04. The second-order valence-corrected chi connectivity index (χ2v) is 5.90. The summed E-state index contributed by atoms with van der Waals surface area (Å²) in [5, 5.41) is 7.99. The number of halogens is 1. The van der Waals surface area contributed by atoms with Crippen LogP contribution >= 0.6 is 15.9 Å². The minimum absolute atomic E-state index is 0.446. The van der Waals surface area contributed by atoms with Gasteiger partial charge in [-0.15, -0.1) is 0 Å². The predicted octanol–water partition coefficient (Wildman–Crippen LogP) is 3.41. The Balaban J connectivity index is 2.07. The highest BCUT2D eigenvalue weighted by Gasteiger charge is 2.25. The lowest BCUT2D eigenvalue weighted by atomic mass is 9.80. The van der Waals surface area contributed by atoms with Gasteiger partial charge < -0.3 is 5.32 Å². The van der Waals surface area contributed by atoms with Crippen LogP contribution in [0.3, 0.4) is 0 Å². The van der Waals surface area contributed by atoms with Gasteiger partial charge in [0, 0.05) is 7.05 Å². The van der Waals surface area contributed by atoms with Crippen LogP contribution in [0.1, 0.15) is 50.8 Å². The van der Waals surface area contributed by atoms with Crippen molar-refractivity contribution in [1.29, 1.82) is 0 Å². The lowest BCUT2D eigenvalue weighted by molar-refractivity contribution is 0.256. The molecule has 0 spiro atoms. The van der Waals surface area contributed by atoms with Crippen molar-refractivity contribution in [3.05, 3.63) is 16.4 Å². The van der Waals surface area contributed by atoms with E-state index in [0.29, 0.717) is 6.04 Å². The Bertz CT molecular complexity index is 338. The van der Waals surface area contributed by atoms with E-state index in [1.807, 2.05) is 17.9 Å².